The van der Waals surface area contributed by atoms with Crippen LogP contribution in [0.25, 0.3) is 22.8 Å². The van der Waals surface area contributed by atoms with Crippen LogP contribution in [0.1, 0.15) is 33.4 Å². The number of hydrogen-bond acceptors (Lipinski definition) is 8. The number of benzene rings is 1. The van der Waals surface area contributed by atoms with Gasteiger partial charge in [0.1, 0.15) is 0 Å². The van der Waals surface area contributed by atoms with Crippen molar-refractivity contribution in [3.05, 3.63) is 42.2 Å². The molecule has 0 saturated carbocycles. The lowest BCUT2D eigenvalue weighted by Crippen LogP contribution is -2.31. The number of hydrogen-bond donors (Lipinski definition) is 1. The summed E-state index contributed by atoms with van der Waals surface area (Å²) in [5.41, 5.74) is 2.59. The third kappa shape index (κ3) is 6.27. The molecular weight excluding hydrogens is 406 g/mol. The van der Waals surface area contributed by atoms with E-state index < -0.39 is 0 Å². The van der Waals surface area contributed by atoms with E-state index in [1.165, 1.54) is 0 Å². The summed E-state index contributed by atoms with van der Waals surface area (Å²) < 4.78 is 16.9. The van der Waals surface area contributed by atoms with Gasteiger partial charge in [-0.05, 0) is 57.3 Å². The van der Waals surface area contributed by atoms with Gasteiger partial charge in [0.2, 0.25) is 5.82 Å². The first-order valence-electron chi connectivity index (χ1n) is 11.3. The summed E-state index contributed by atoms with van der Waals surface area (Å²) in [6.45, 7) is 14.1. The molecule has 0 saturated heterocycles. The molecule has 1 N–H and O–H groups in total. The standard InChI is InChI=1S/C24H33N5O3/c1-5-29(6-2)14-13-25-17-20-15-18(11-12-26-20)23-27-24(32-28-23)19-9-10-21(30-7-3)22(16-19)31-8-4/h9-12,15-16,25H,5-8,13-14,17H2,1-4H3. The monoisotopic (exact) mass is 439 g/mol. The molecule has 2 aromatic heterocycles. The quantitative estimate of drug-likeness (QED) is 0.400. The van der Waals surface area contributed by atoms with E-state index in [0.29, 0.717) is 43.0 Å². The minimum Gasteiger partial charge on any atom is -0.490 e. The Kier molecular flexibility index (Phi) is 9.01. The van der Waals surface area contributed by atoms with Gasteiger partial charge in [-0.1, -0.05) is 19.0 Å². The highest BCUT2D eigenvalue weighted by atomic mass is 16.5. The van der Waals surface area contributed by atoms with Crippen molar-refractivity contribution in [2.24, 2.45) is 0 Å². The van der Waals surface area contributed by atoms with E-state index in [1.54, 1.807) is 6.20 Å². The van der Waals surface area contributed by atoms with Crippen molar-refractivity contribution in [3.8, 4) is 34.3 Å². The first-order valence-corrected chi connectivity index (χ1v) is 11.3. The number of nitrogens with zero attached hydrogens (tertiary/aromatic N) is 4. The van der Waals surface area contributed by atoms with Gasteiger partial charge in [-0.3, -0.25) is 4.98 Å². The van der Waals surface area contributed by atoms with Gasteiger partial charge >= 0.3 is 0 Å². The Bertz CT molecular complexity index is 972. The lowest BCUT2D eigenvalue weighted by molar-refractivity contribution is 0.288. The van der Waals surface area contributed by atoms with Crippen LogP contribution in [-0.2, 0) is 6.54 Å². The summed E-state index contributed by atoms with van der Waals surface area (Å²) in [5, 5.41) is 7.62. The third-order valence-electron chi connectivity index (χ3n) is 5.10. The van der Waals surface area contributed by atoms with Crippen LogP contribution in [0.3, 0.4) is 0 Å². The van der Waals surface area contributed by atoms with E-state index in [4.69, 9.17) is 14.0 Å². The van der Waals surface area contributed by atoms with Crippen LogP contribution in [-0.4, -0.2) is 59.4 Å². The Labute approximate surface area is 190 Å². The highest BCUT2D eigenvalue weighted by Crippen LogP contribution is 2.33. The first-order chi connectivity index (χ1) is 15.7. The maximum atomic E-state index is 5.70. The molecule has 172 valence electrons. The molecule has 3 aromatic rings. The fourth-order valence-corrected chi connectivity index (χ4v) is 3.35. The number of pyridine rings is 1. The van der Waals surface area contributed by atoms with Crippen LogP contribution >= 0.6 is 0 Å². The second-order valence-electron chi connectivity index (χ2n) is 7.19. The van der Waals surface area contributed by atoms with E-state index in [1.807, 2.05) is 44.2 Å². The van der Waals surface area contributed by atoms with Gasteiger partial charge in [-0.2, -0.15) is 4.98 Å². The van der Waals surface area contributed by atoms with Crippen LogP contribution in [0.5, 0.6) is 11.5 Å². The molecule has 2 heterocycles. The van der Waals surface area contributed by atoms with Crippen LogP contribution in [0.4, 0.5) is 0 Å². The summed E-state index contributed by atoms with van der Waals surface area (Å²) in [6, 6.07) is 9.50. The molecule has 0 radical (unpaired) electrons. The molecule has 1 aromatic carbocycles. The Morgan fingerprint density at radius 2 is 1.72 bits per heavy atom. The Morgan fingerprint density at radius 3 is 2.47 bits per heavy atom. The Morgan fingerprint density at radius 1 is 0.938 bits per heavy atom. The second kappa shape index (κ2) is 12.2. The zero-order chi connectivity index (χ0) is 22.8. The van der Waals surface area contributed by atoms with Crippen molar-refractivity contribution in [2.45, 2.75) is 34.2 Å². The van der Waals surface area contributed by atoms with Crippen LogP contribution in [0.15, 0.2) is 41.1 Å². The van der Waals surface area contributed by atoms with E-state index >= 15 is 0 Å². The third-order valence-corrected chi connectivity index (χ3v) is 5.10. The van der Waals surface area contributed by atoms with Gasteiger partial charge < -0.3 is 24.2 Å². The number of likely N-dealkylation sites (N-methyl/N-ethyl adjacent to an activating group) is 1. The number of aromatic nitrogens is 3. The Balaban J connectivity index is 1.69. The molecule has 8 nitrogen and oxygen atoms in total. The summed E-state index contributed by atoms with van der Waals surface area (Å²) in [6.07, 6.45) is 1.77. The summed E-state index contributed by atoms with van der Waals surface area (Å²) in [7, 11) is 0. The molecule has 0 aliphatic carbocycles. The van der Waals surface area contributed by atoms with Gasteiger partial charge in [0.05, 0.1) is 18.9 Å². The normalized spacial score (nSPS) is 11.2. The van der Waals surface area contributed by atoms with Gasteiger partial charge in [0.15, 0.2) is 11.5 Å². The molecule has 0 bridgehead atoms. The first kappa shape index (κ1) is 23.7. The molecule has 0 spiro atoms. The Hall–Kier alpha value is -2.97. The zero-order valence-electron chi connectivity index (χ0n) is 19.4. The van der Waals surface area contributed by atoms with Crippen molar-refractivity contribution in [1.29, 1.82) is 0 Å². The summed E-state index contributed by atoms with van der Waals surface area (Å²) in [4.78, 5) is 11.4. The van der Waals surface area contributed by atoms with Crippen molar-refractivity contribution < 1.29 is 14.0 Å². The molecule has 8 heteroatoms. The van der Waals surface area contributed by atoms with Crippen molar-refractivity contribution in [3.63, 3.8) is 0 Å². The number of ether oxygens (including phenoxy) is 2. The molecule has 32 heavy (non-hydrogen) atoms. The van der Waals surface area contributed by atoms with Gasteiger partial charge in [0, 0.05) is 37.0 Å². The highest BCUT2D eigenvalue weighted by molar-refractivity contribution is 5.63. The lowest BCUT2D eigenvalue weighted by atomic mass is 10.2. The van der Waals surface area contributed by atoms with E-state index in [-0.39, 0.29) is 0 Å². The minimum atomic E-state index is 0.430. The molecular formula is C24H33N5O3. The van der Waals surface area contributed by atoms with E-state index in [2.05, 4.69) is 39.2 Å². The topological polar surface area (TPSA) is 85.5 Å². The highest BCUT2D eigenvalue weighted by Gasteiger charge is 2.14. The second-order valence-corrected chi connectivity index (χ2v) is 7.19. The summed E-state index contributed by atoms with van der Waals surface area (Å²) >= 11 is 0. The van der Waals surface area contributed by atoms with Gasteiger partial charge in [-0.25, -0.2) is 0 Å². The maximum Gasteiger partial charge on any atom is 0.258 e. The minimum absolute atomic E-state index is 0.430. The molecule has 0 fully saturated rings. The number of rotatable bonds is 13. The molecule has 0 unspecified atom stereocenters. The molecule has 3 rings (SSSR count). The largest absolute Gasteiger partial charge is 0.490 e. The molecule has 0 amide bonds. The number of nitrogens with one attached hydrogen (secondary N) is 1. The SMILES string of the molecule is CCOc1ccc(-c2nc(-c3ccnc(CNCCN(CC)CC)c3)no2)cc1OCC. The van der Waals surface area contributed by atoms with Gasteiger partial charge in [0.25, 0.3) is 5.89 Å². The maximum absolute atomic E-state index is 5.70. The van der Waals surface area contributed by atoms with E-state index in [9.17, 15) is 0 Å². The van der Waals surface area contributed by atoms with Crippen LogP contribution in [0, 0.1) is 0 Å². The zero-order valence-corrected chi connectivity index (χ0v) is 19.4. The van der Waals surface area contributed by atoms with Crippen molar-refractivity contribution >= 4 is 0 Å². The molecule has 0 aliphatic heterocycles. The van der Waals surface area contributed by atoms with Gasteiger partial charge in [-0.15, -0.1) is 0 Å². The average molecular weight is 440 g/mol. The predicted molar refractivity (Wildman–Crippen MR) is 125 cm³/mol. The van der Waals surface area contributed by atoms with Crippen LogP contribution in [0.2, 0.25) is 0 Å². The average Bonchev–Trinajstić information content (AvgIpc) is 3.31. The van der Waals surface area contributed by atoms with Crippen molar-refractivity contribution in [2.75, 3.05) is 39.4 Å². The smallest absolute Gasteiger partial charge is 0.258 e. The fourth-order valence-electron chi connectivity index (χ4n) is 3.35. The lowest BCUT2D eigenvalue weighted by Gasteiger charge is -2.17. The van der Waals surface area contributed by atoms with Crippen molar-refractivity contribution in [1.82, 2.24) is 25.3 Å². The molecule has 0 atom stereocenters. The van der Waals surface area contributed by atoms with E-state index in [0.717, 1.165) is 43.0 Å². The molecule has 0 aliphatic rings. The summed E-state index contributed by atoms with van der Waals surface area (Å²) in [5.74, 6) is 2.32. The fraction of sp³-hybridized carbons (Fsp3) is 0.458. The predicted octanol–water partition coefficient (Wildman–Crippen LogP) is 4.03. The van der Waals surface area contributed by atoms with Crippen LogP contribution < -0.4 is 14.8 Å².